The van der Waals surface area contributed by atoms with E-state index in [1.165, 1.54) is 0 Å². The number of hydrogen-bond donors (Lipinski definition) is 2. The van der Waals surface area contributed by atoms with E-state index in [0.717, 1.165) is 11.1 Å². The number of aliphatic hydroxyl groups is 1. The van der Waals surface area contributed by atoms with E-state index in [-0.39, 0.29) is 12.6 Å². The van der Waals surface area contributed by atoms with Crippen LogP contribution in [0, 0.1) is 6.92 Å². The Hall–Kier alpha value is -2.38. The molecule has 1 aliphatic rings. The lowest BCUT2D eigenvalue weighted by Crippen LogP contribution is -2.53. The van der Waals surface area contributed by atoms with Crippen LogP contribution in [0.2, 0.25) is 0 Å². The Morgan fingerprint density at radius 3 is 2.39 bits per heavy atom. The molecule has 1 aliphatic heterocycles. The van der Waals surface area contributed by atoms with Crippen molar-refractivity contribution in [2.45, 2.75) is 44.1 Å². The van der Waals surface area contributed by atoms with Crippen LogP contribution >= 0.6 is 0 Å². The van der Waals surface area contributed by atoms with E-state index in [0.29, 0.717) is 12.0 Å². The predicted molar refractivity (Wildman–Crippen MR) is 109 cm³/mol. The van der Waals surface area contributed by atoms with E-state index in [2.05, 4.69) is 9.71 Å². The van der Waals surface area contributed by atoms with Gasteiger partial charge in [-0.2, -0.15) is 0 Å². The molecule has 0 amide bonds. The van der Waals surface area contributed by atoms with Crippen LogP contribution in [0.5, 0.6) is 0 Å². The van der Waals surface area contributed by atoms with Gasteiger partial charge in [0, 0.05) is 6.61 Å². The molecule has 28 heavy (non-hydrogen) atoms. The second-order valence-electron chi connectivity index (χ2n) is 7.46. The number of aliphatic imine (C=N–C) groups is 1. The number of nitrogens with zero attached hydrogens (tertiary/aromatic N) is 1. The molecule has 1 heterocycles. The van der Waals surface area contributed by atoms with Crippen LogP contribution in [0.4, 0.5) is 0 Å². The van der Waals surface area contributed by atoms with Crippen LogP contribution in [-0.2, 0) is 14.8 Å². The lowest BCUT2D eigenvalue weighted by molar-refractivity contribution is 0.0757. The van der Waals surface area contributed by atoms with Crippen LogP contribution in [0.15, 0.2) is 59.6 Å². The molecule has 0 aromatic heterocycles. The van der Waals surface area contributed by atoms with E-state index in [9.17, 15) is 13.5 Å². The lowest BCUT2D eigenvalue weighted by Gasteiger charge is -2.40. The number of benzene rings is 2. The van der Waals surface area contributed by atoms with Gasteiger partial charge in [-0.1, -0.05) is 54.6 Å². The topological polar surface area (TPSA) is 88.0 Å². The molecular formula is C21H26N2O4S. The zero-order valence-electron chi connectivity index (χ0n) is 16.3. The second-order valence-corrected chi connectivity index (χ2v) is 9.23. The van der Waals surface area contributed by atoms with E-state index in [1.54, 1.807) is 13.8 Å². The summed E-state index contributed by atoms with van der Waals surface area (Å²) in [4.78, 5) is 4.48. The van der Waals surface area contributed by atoms with Gasteiger partial charge in [0.2, 0.25) is 10.0 Å². The summed E-state index contributed by atoms with van der Waals surface area (Å²) in [5.74, 6) is 0. The Bertz CT molecular complexity index is 955. The maximum absolute atomic E-state index is 13.1. The summed E-state index contributed by atoms with van der Waals surface area (Å²) in [5.41, 5.74) is 1.45. The number of sulfonamides is 1. The average molecular weight is 403 g/mol. The Balaban J connectivity index is 1.98. The molecule has 2 aromatic rings. The second kappa shape index (κ2) is 7.93. The Morgan fingerprint density at radius 1 is 1.14 bits per heavy atom. The standard InChI is InChI=1S/C21H26N2O4S/c1-15-9-7-8-12-17(15)19-21(2,3)27-20(23-28(19,25)26)22-18(13-14-24)16-10-5-4-6-11-16/h4-12,18-19,24H,13-14H2,1-3H3,(H,22,23). The minimum atomic E-state index is -3.77. The molecule has 1 saturated heterocycles. The molecule has 0 aliphatic carbocycles. The van der Waals surface area contributed by atoms with Crippen LogP contribution in [0.25, 0.3) is 0 Å². The van der Waals surface area contributed by atoms with Crippen molar-refractivity contribution in [2.75, 3.05) is 6.61 Å². The maximum atomic E-state index is 13.1. The number of hydrogen-bond acceptors (Lipinski definition) is 5. The van der Waals surface area contributed by atoms with Crippen molar-refractivity contribution in [3.63, 3.8) is 0 Å². The highest BCUT2D eigenvalue weighted by molar-refractivity contribution is 7.90. The quantitative estimate of drug-likeness (QED) is 0.804. The number of nitrogens with one attached hydrogen (secondary N) is 1. The average Bonchev–Trinajstić information content (AvgIpc) is 2.62. The van der Waals surface area contributed by atoms with Crippen LogP contribution in [0.3, 0.4) is 0 Å². The summed E-state index contributed by atoms with van der Waals surface area (Å²) in [6.45, 7) is 5.32. The molecule has 0 bridgehead atoms. The van der Waals surface area contributed by atoms with Gasteiger partial charge in [0.05, 0.1) is 6.04 Å². The van der Waals surface area contributed by atoms with E-state index >= 15 is 0 Å². The first-order chi connectivity index (χ1) is 13.2. The molecule has 3 rings (SSSR count). The van der Waals surface area contributed by atoms with Crippen molar-refractivity contribution < 1.29 is 18.3 Å². The summed E-state index contributed by atoms with van der Waals surface area (Å²) in [7, 11) is -3.77. The highest BCUT2D eigenvalue weighted by atomic mass is 32.2. The molecule has 0 radical (unpaired) electrons. The lowest BCUT2D eigenvalue weighted by atomic mass is 9.94. The third-order valence-corrected chi connectivity index (χ3v) is 6.76. The largest absolute Gasteiger partial charge is 0.457 e. The Morgan fingerprint density at radius 2 is 1.79 bits per heavy atom. The zero-order valence-corrected chi connectivity index (χ0v) is 17.1. The Kier molecular flexibility index (Phi) is 5.76. The molecule has 2 atom stereocenters. The summed E-state index contributed by atoms with van der Waals surface area (Å²) in [6.07, 6.45) is 0.361. The van der Waals surface area contributed by atoms with Gasteiger partial charge < -0.3 is 9.84 Å². The highest BCUT2D eigenvalue weighted by Gasteiger charge is 2.48. The minimum Gasteiger partial charge on any atom is -0.457 e. The first kappa shape index (κ1) is 20.4. The molecule has 0 saturated carbocycles. The third kappa shape index (κ3) is 4.20. The zero-order chi connectivity index (χ0) is 20.4. The van der Waals surface area contributed by atoms with E-state index < -0.39 is 26.9 Å². The summed E-state index contributed by atoms with van der Waals surface area (Å²) >= 11 is 0. The Labute approximate surface area is 166 Å². The minimum absolute atomic E-state index is 0.0443. The number of aliphatic hydroxyl groups excluding tert-OH is 1. The van der Waals surface area contributed by atoms with Crippen LogP contribution in [-0.4, -0.2) is 31.8 Å². The van der Waals surface area contributed by atoms with Crippen molar-refractivity contribution in [3.05, 3.63) is 71.3 Å². The van der Waals surface area contributed by atoms with Crippen molar-refractivity contribution >= 4 is 16.0 Å². The van der Waals surface area contributed by atoms with Gasteiger partial charge in [-0.15, -0.1) is 0 Å². The molecule has 0 spiro atoms. The molecule has 150 valence electrons. The molecular weight excluding hydrogens is 376 g/mol. The molecule has 1 fully saturated rings. The van der Waals surface area contributed by atoms with Crippen molar-refractivity contribution in [3.8, 4) is 0 Å². The molecule has 2 unspecified atom stereocenters. The van der Waals surface area contributed by atoms with Crippen LogP contribution in [0.1, 0.15) is 48.3 Å². The van der Waals surface area contributed by atoms with Gasteiger partial charge in [-0.05, 0) is 43.9 Å². The highest BCUT2D eigenvalue weighted by Crippen LogP contribution is 2.40. The molecule has 2 aromatic carbocycles. The normalized spacial score (nSPS) is 22.9. The van der Waals surface area contributed by atoms with Gasteiger partial charge in [-0.25, -0.2) is 18.1 Å². The van der Waals surface area contributed by atoms with Gasteiger partial charge in [0.25, 0.3) is 6.02 Å². The smallest absolute Gasteiger partial charge is 0.299 e. The number of rotatable bonds is 5. The third-order valence-electron chi connectivity index (χ3n) is 4.86. The van der Waals surface area contributed by atoms with Gasteiger partial charge in [-0.3, -0.25) is 0 Å². The van der Waals surface area contributed by atoms with Crippen molar-refractivity contribution in [2.24, 2.45) is 4.99 Å². The summed E-state index contributed by atoms with van der Waals surface area (Å²) in [5, 5.41) is 8.54. The fourth-order valence-corrected chi connectivity index (χ4v) is 5.45. The number of ether oxygens (including phenoxy) is 1. The monoisotopic (exact) mass is 402 g/mol. The fraction of sp³-hybridized carbons (Fsp3) is 0.381. The summed E-state index contributed by atoms with van der Waals surface area (Å²) in [6, 6.07) is 16.4. The van der Waals surface area contributed by atoms with Gasteiger partial charge in [0.15, 0.2) is 0 Å². The van der Waals surface area contributed by atoms with Gasteiger partial charge in [0.1, 0.15) is 10.9 Å². The SMILES string of the molecule is Cc1ccccc1C1C(C)(C)OC(=NC(CCO)c2ccccc2)NS1(=O)=O. The predicted octanol–water partition coefficient (Wildman–Crippen LogP) is 3.24. The first-order valence-electron chi connectivity index (χ1n) is 9.24. The van der Waals surface area contributed by atoms with Crippen molar-refractivity contribution in [1.82, 2.24) is 4.72 Å². The fourth-order valence-electron chi connectivity index (χ4n) is 3.60. The molecule has 6 nitrogen and oxygen atoms in total. The van der Waals surface area contributed by atoms with E-state index in [1.807, 2.05) is 61.5 Å². The van der Waals surface area contributed by atoms with Crippen molar-refractivity contribution in [1.29, 1.82) is 0 Å². The summed E-state index contributed by atoms with van der Waals surface area (Å²) < 4.78 is 34.7. The number of amidine groups is 1. The van der Waals surface area contributed by atoms with E-state index in [4.69, 9.17) is 4.74 Å². The number of aryl methyl sites for hydroxylation is 1. The van der Waals surface area contributed by atoms with Crippen LogP contribution < -0.4 is 4.72 Å². The van der Waals surface area contributed by atoms with Gasteiger partial charge >= 0.3 is 0 Å². The maximum Gasteiger partial charge on any atom is 0.299 e. The first-order valence-corrected chi connectivity index (χ1v) is 10.8. The molecule has 2 N–H and O–H groups in total. The molecule has 7 heteroatoms.